The number of carboxylic acids is 1. The van der Waals surface area contributed by atoms with Crippen LogP contribution in [0.3, 0.4) is 0 Å². The molecule has 2 heterocycles. The van der Waals surface area contributed by atoms with Crippen LogP contribution in [0, 0.1) is 0 Å². The fraction of sp³-hybridized carbons (Fsp3) is 0.909. The predicted molar refractivity (Wildman–Crippen MR) is 57.2 cm³/mol. The predicted octanol–water partition coefficient (Wildman–Crippen LogP) is 0.688. The first-order valence-electron chi connectivity index (χ1n) is 5.85. The van der Waals surface area contributed by atoms with Gasteiger partial charge in [-0.15, -0.1) is 0 Å². The van der Waals surface area contributed by atoms with Gasteiger partial charge in [-0.25, -0.2) is 0 Å². The van der Waals surface area contributed by atoms with Crippen molar-refractivity contribution in [2.45, 2.75) is 38.0 Å². The average molecular weight is 229 g/mol. The van der Waals surface area contributed by atoms with Crippen molar-refractivity contribution >= 4 is 5.97 Å². The van der Waals surface area contributed by atoms with Crippen molar-refractivity contribution in [3.05, 3.63) is 0 Å². The van der Waals surface area contributed by atoms with Crippen molar-refractivity contribution in [2.75, 3.05) is 26.3 Å². The minimum Gasteiger partial charge on any atom is -0.481 e. The molecule has 1 N–H and O–H groups in total. The van der Waals surface area contributed by atoms with Crippen LogP contribution in [0.4, 0.5) is 0 Å². The molecule has 2 aliphatic heterocycles. The second kappa shape index (κ2) is 4.69. The highest BCUT2D eigenvalue weighted by Gasteiger charge is 2.41. The highest BCUT2D eigenvalue weighted by Crippen LogP contribution is 2.31. The molecule has 1 atom stereocenters. The van der Waals surface area contributed by atoms with Crippen LogP contribution < -0.4 is 0 Å². The minimum absolute atomic E-state index is 0.0440. The van der Waals surface area contributed by atoms with E-state index in [2.05, 4.69) is 4.90 Å². The highest BCUT2D eigenvalue weighted by molar-refractivity contribution is 5.67. The van der Waals surface area contributed by atoms with E-state index in [1.165, 1.54) is 0 Å². The number of ether oxygens (including phenoxy) is 2. The molecule has 5 heteroatoms. The summed E-state index contributed by atoms with van der Waals surface area (Å²) < 4.78 is 11.3. The number of likely N-dealkylation sites (tertiary alicyclic amines) is 1. The Morgan fingerprint density at radius 2 is 2.19 bits per heavy atom. The average Bonchev–Trinajstić information content (AvgIpc) is 2.65. The van der Waals surface area contributed by atoms with Crippen LogP contribution in [-0.4, -0.2) is 54.1 Å². The fourth-order valence-electron chi connectivity index (χ4n) is 2.51. The summed E-state index contributed by atoms with van der Waals surface area (Å²) in [6.07, 6.45) is 2.10. The Bertz CT molecular complexity index is 263. The second-order valence-electron chi connectivity index (χ2n) is 4.63. The van der Waals surface area contributed by atoms with E-state index < -0.39 is 11.8 Å². The Labute approximate surface area is 95.3 Å². The van der Waals surface area contributed by atoms with Gasteiger partial charge in [0.15, 0.2) is 5.79 Å². The summed E-state index contributed by atoms with van der Waals surface area (Å²) in [5.74, 6) is -1.20. The first-order valence-corrected chi connectivity index (χ1v) is 5.85. The Hall–Kier alpha value is -0.650. The van der Waals surface area contributed by atoms with Crippen LogP contribution in [0.15, 0.2) is 0 Å². The Morgan fingerprint density at radius 3 is 2.81 bits per heavy atom. The van der Waals surface area contributed by atoms with Gasteiger partial charge in [-0.2, -0.15) is 0 Å². The number of piperidine rings is 1. The van der Waals surface area contributed by atoms with Gasteiger partial charge in [-0.05, 0) is 19.9 Å². The Morgan fingerprint density at radius 1 is 1.50 bits per heavy atom. The maximum absolute atomic E-state index is 10.7. The van der Waals surface area contributed by atoms with E-state index in [1.54, 1.807) is 0 Å². The molecule has 0 saturated carbocycles. The summed E-state index contributed by atoms with van der Waals surface area (Å²) in [6.45, 7) is 4.88. The summed E-state index contributed by atoms with van der Waals surface area (Å²) in [5, 5.41) is 8.78. The lowest BCUT2D eigenvalue weighted by Gasteiger charge is -2.41. The first-order chi connectivity index (χ1) is 7.61. The van der Waals surface area contributed by atoms with E-state index in [0.29, 0.717) is 19.8 Å². The Balaban J connectivity index is 1.93. The molecule has 2 fully saturated rings. The van der Waals surface area contributed by atoms with Gasteiger partial charge in [0.25, 0.3) is 0 Å². The lowest BCUT2D eigenvalue weighted by molar-refractivity contribution is -0.194. The molecule has 0 bridgehead atoms. The van der Waals surface area contributed by atoms with E-state index in [1.807, 2.05) is 6.92 Å². The SMILES string of the molecule is CC(CC(=O)O)N1CCCC2(C1)OCCO2. The summed E-state index contributed by atoms with van der Waals surface area (Å²) in [5.41, 5.74) is 0. The molecule has 1 unspecified atom stereocenters. The molecule has 0 aromatic heterocycles. The van der Waals surface area contributed by atoms with Crippen molar-refractivity contribution < 1.29 is 19.4 Å². The molecule has 2 rings (SSSR count). The first kappa shape index (κ1) is 11.8. The van der Waals surface area contributed by atoms with Crippen LogP contribution in [-0.2, 0) is 14.3 Å². The monoisotopic (exact) mass is 229 g/mol. The van der Waals surface area contributed by atoms with Gasteiger partial charge < -0.3 is 14.6 Å². The smallest absolute Gasteiger partial charge is 0.304 e. The van der Waals surface area contributed by atoms with E-state index in [0.717, 1.165) is 19.4 Å². The molecule has 0 aliphatic carbocycles. The molecule has 0 amide bonds. The van der Waals surface area contributed by atoms with Gasteiger partial charge in [0, 0.05) is 12.5 Å². The quantitative estimate of drug-likeness (QED) is 0.771. The van der Waals surface area contributed by atoms with E-state index in [9.17, 15) is 4.79 Å². The number of rotatable bonds is 3. The lowest BCUT2D eigenvalue weighted by Crippen LogP contribution is -2.52. The highest BCUT2D eigenvalue weighted by atomic mass is 16.7. The second-order valence-corrected chi connectivity index (χ2v) is 4.63. The molecule has 1 spiro atoms. The van der Waals surface area contributed by atoms with Crippen LogP contribution >= 0.6 is 0 Å². The van der Waals surface area contributed by atoms with Gasteiger partial charge >= 0.3 is 5.97 Å². The number of carbonyl (C=O) groups is 1. The molecule has 2 aliphatic rings. The van der Waals surface area contributed by atoms with Gasteiger partial charge in [-0.1, -0.05) is 0 Å². The minimum atomic E-state index is -0.750. The topological polar surface area (TPSA) is 59.0 Å². The molecule has 0 radical (unpaired) electrons. The standard InChI is InChI=1S/C11H19NO4/c1-9(7-10(13)14)12-4-2-3-11(8-12)15-5-6-16-11/h9H,2-8H2,1H3,(H,13,14). The van der Waals surface area contributed by atoms with Crippen molar-refractivity contribution in [1.29, 1.82) is 0 Å². The van der Waals surface area contributed by atoms with Crippen molar-refractivity contribution in [2.24, 2.45) is 0 Å². The number of hydrogen-bond acceptors (Lipinski definition) is 4. The van der Waals surface area contributed by atoms with E-state index in [4.69, 9.17) is 14.6 Å². The number of nitrogens with zero attached hydrogens (tertiary/aromatic N) is 1. The molecule has 0 aromatic carbocycles. The van der Waals surface area contributed by atoms with Gasteiger partial charge in [0.1, 0.15) is 0 Å². The summed E-state index contributed by atoms with van der Waals surface area (Å²) in [7, 11) is 0. The zero-order valence-electron chi connectivity index (χ0n) is 9.65. The number of aliphatic carboxylic acids is 1. The maximum atomic E-state index is 10.7. The normalized spacial score (nSPS) is 27.1. The van der Waals surface area contributed by atoms with E-state index in [-0.39, 0.29) is 12.5 Å². The maximum Gasteiger partial charge on any atom is 0.304 e. The third kappa shape index (κ3) is 2.53. The van der Waals surface area contributed by atoms with Crippen LogP contribution in [0.2, 0.25) is 0 Å². The lowest BCUT2D eigenvalue weighted by atomic mass is 10.0. The van der Waals surface area contributed by atoms with Crippen LogP contribution in [0.1, 0.15) is 26.2 Å². The number of carboxylic acid groups (broad SMARTS) is 1. The molecule has 5 nitrogen and oxygen atoms in total. The summed E-state index contributed by atoms with van der Waals surface area (Å²) in [6, 6.07) is 0.0440. The molecule has 0 aromatic rings. The van der Waals surface area contributed by atoms with E-state index >= 15 is 0 Å². The van der Waals surface area contributed by atoms with Crippen molar-refractivity contribution in [3.8, 4) is 0 Å². The largest absolute Gasteiger partial charge is 0.481 e. The molecule has 2 saturated heterocycles. The van der Waals surface area contributed by atoms with Crippen molar-refractivity contribution in [1.82, 2.24) is 4.90 Å². The van der Waals surface area contributed by atoms with Crippen LogP contribution in [0.25, 0.3) is 0 Å². The molecule has 92 valence electrons. The van der Waals surface area contributed by atoms with Gasteiger partial charge in [0.2, 0.25) is 0 Å². The molecule has 16 heavy (non-hydrogen) atoms. The molecular weight excluding hydrogens is 210 g/mol. The fourth-order valence-corrected chi connectivity index (χ4v) is 2.51. The third-order valence-electron chi connectivity index (χ3n) is 3.35. The summed E-state index contributed by atoms with van der Waals surface area (Å²) >= 11 is 0. The zero-order chi connectivity index (χ0) is 11.6. The van der Waals surface area contributed by atoms with Gasteiger partial charge in [0.05, 0.1) is 26.2 Å². The van der Waals surface area contributed by atoms with Crippen molar-refractivity contribution in [3.63, 3.8) is 0 Å². The third-order valence-corrected chi connectivity index (χ3v) is 3.35. The van der Waals surface area contributed by atoms with Crippen LogP contribution in [0.5, 0.6) is 0 Å². The summed E-state index contributed by atoms with van der Waals surface area (Å²) in [4.78, 5) is 12.8. The number of hydrogen-bond donors (Lipinski definition) is 1. The molecular formula is C11H19NO4. The zero-order valence-corrected chi connectivity index (χ0v) is 9.65. The Kier molecular flexibility index (Phi) is 3.47. The van der Waals surface area contributed by atoms with Gasteiger partial charge in [-0.3, -0.25) is 9.69 Å².